The van der Waals surface area contributed by atoms with Crippen LogP contribution in [-0.4, -0.2) is 73.2 Å². The number of aryl methyl sites for hydroxylation is 1. The molecule has 10 nitrogen and oxygen atoms in total. The number of ether oxygens (including phenoxy) is 8. The van der Waals surface area contributed by atoms with Crippen molar-refractivity contribution in [1.82, 2.24) is 0 Å². The molecular weight excluding hydrogens is 528 g/mol. The maximum Gasteiger partial charge on any atom is 0.509 e. The van der Waals surface area contributed by atoms with Gasteiger partial charge in [-0.25, -0.2) is 4.79 Å². The normalized spacial score (nSPS) is 37.1. The average Bonchev–Trinajstić information content (AvgIpc) is 3.59. The summed E-state index contributed by atoms with van der Waals surface area (Å²) >= 11 is 1.56. The van der Waals surface area contributed by atoms with Gasteiger partial charge >= 0.3 is 12.1 Å². The second-order valence-corrected chi connectivity index (χ2v) is 11.3. The van der Waals surface area contributed by atoms with Crippen molar-refractivity contribution in [3.8, 4) is 0 Å². The van der Waals surface area contributed by atoms with Crippen LogP contribution >= 0.6 is 11.8 Å². The van der Waals surface area contributed by atoms with E-state index in [0.717, 1.165) is 10.5 Å². The highest BCUT2D eigenvalue weighted by Gasteiger charge is 2.61. The van der Waals surface area contributed by atoms with Crippen molar-refractivity contribution in [1.29, 1.82) is 0 Å². The smallest absolute Gasteiger partial charge is 0.456 e. The topological polar surface area (TPSA) is 108 Å². The van der Waals surface area contributed by atoms with E-state index in [4.69, 9.17) is 37.9 Å². The van der Waals surface area contributed by atoms with Crippen molar-refractivity contribution < 1.29 is 47.5 Å². The molecule has 4 aliphatic rings. The van der Waals surface area contributed by atoms with Crippen molar-refractivity contribution in [2.75, 3.05) is 13.2 Å². The number of fused-ring (bicyclic) bond motifs is 2. The second-order valence-electron chi connectivity index (χ2n) is 10.1. The maximum absolute atomic E-state index is 12.0. The number of esters is 1. The first-order valence-corrected chi connectivity index (χ1v) is 13.7. The zero-order valence-electron chi connectivity index (χ0n) is 21.7. The third-order valence-electron chi connectivity index (χ3n) is 7.20. The predicted octanol–water partition coefficient (Wildman–Crippen LogP) is 3.89. The Morgan fingerprint density at radius 3 is 2.54 bits per heavy atom. The Labute approximate surface area is 230 Å². The molecule has 2 aromatic carbocycles. The van der Waals surface area contributed by atoms with Gasteiger partial charge in [0.15, 0.2) is 30.9 Å². The third-order valence-corrected chi connectivity index (χ3v) is 8.36. The van der Waals surface area contributed by atoms with Crippen LogP contribution < -0.4 is 0 Å². The first kappa shape index (κ1) is 26.5. The number of benzene rings is 2. The Morgan fingerprint density at radius 1 is 1.05 bits per heavy atom. The SMILES string of the molecule is CC(=O)O[C@@H]1[C@H]2OC(=O)O[C@H]2[C@@H](OC[C@@]23CO[C@@H](Sc4ccc(C)cc4)[C@@H]2O[C@H](c2ccccc2)O3)O[C@H]1C. The Kier molecular flexibility index (Phi) is 7.30. The van der Waals surface area contributed by atoms with Crippen LogP contribution in [0.1, 0.15) is 31.3 Å². The van der Waals surface area contributed by atoms with Gasteiger partial charge in [0.25, 0.3) is 0 Å². The molecule has 0 saturated carbocycles. The molecule has 208 valence electrons. The molecule has 0 bridgehead atoms. The summed E-state index contributed by atoms with van der Waals surface area (Å²) < 4.78 is 47.5. The standard InChI is InChI=1S/C28H30O10S/c1-15-9-11-19(12-10-15)39-26-23-28(14-32-26,38-24(37-23)18-7-5-4-6-8-18)13-31-25-22-21(35-27(30)36-22)20(16(2)33-25)34-17(3)29/h4-12,16,20-26H,13-14H2,1-3H3/t16-,20-,21+,22+,23-,24-,25-,26-,28+/m0/s1. The van der Waals surface area contributed by atoms with Gasteiger partial charge in [-0.1, -0.05) is 59.8 Å². The fraction of sp³-hybridized carbons (Fsp3) is 0.500. The lowest BCUT2D eigenvalue weighted by molar-refractivity contribution is -0.283. The predicted molar refractivity (Wildman–Crippen MR) is 136 cm³/mol. The van der Waals surface area contributed by atoms with Gasteiger partial charge in [0, 0.05) is 17.4 Å². The monoisotopic (exact) mass is 558 g/mol. The van der Waals surface area contributed by atoms with E-state index < -0.39 is 60.8 Å². The van der Waals surface area contributed by atoms with Crippen LogP contribution in [-0.2, 0) is 42.7 Å². The van der Waals surface area contributed by atoms with Crippen LogP contribution in [0.4, 0.5) is 4.79 Å². The van der Waals surface area contributed by atoms with Crippen LogP contribution in [0.2, 0.25) is 0 Å². The molecule has 9 atom stereocenters. The van der Waals surface area contributed by atoms with Gasteiger partial charge in [-0.3, -0.25) is 4.79 Å². The fourth-order valence-corrected chi connectivity index (χ4v) is 6.39. The van der Waals surface area contributed by atoms with E-state index in [1.54, 1.807) is 18.7 Å². The average molecular weight is 559 g/mol. The molecule has 6 rings (SSSR count). The molecule has 39 heavy (non-hydrogen) atoms. The molecule has 0 amide bonds. The van der Waals surface area contributed by atoms with Gasteiger partial charge in [-0.2, -0.15) is 0 Å². The van der Waals surface area contributed by atoms with Crippen LogP contribution in [0.5, 0.6) is 0 Å². The summed E-state index contributed by atoms with van der Waals surface area (Å²) in [7, 11) is 0. The zero-order valence-corrected chi connectivity index (χ0v) is 22.5. The van der Waals surface area contributed by atoms with Crippen molar-refractivity contribution in [3.05, 3.63) is 65.7 Å². The van der Waals surface area contributed by atoms with Gasteiger partial charge in [0.1, 0.15) is 17.1 Å². The number of carbonyl (C=O) groups excluding carboxylic acids is 2. The van der Waals surface area contributed by atoms with Crippen LogP contribution in [0, 0.1) is 6.92 Å². The summed E-state index contributed by atoms with van der Waals surface area (Å²) in [4.78, 5) is 24.7. The Morgan fingerprint density at radius 2 is 1.79 bits per heavy atom. The summed E-state index contributed by atoms with van der Waals surface area (Å²) in [5.41, 5.74) is 0.771. The molecule has 0 radical (unpaired) electrons. The molecule has 4 fully saturated rings. The minimum atomic E-state index is -0.971. The highest BCUT2D eigenvalue weighted by molar-refractivity contribution is 7.99. The molecular formula is C28H30O10S. The molecule has 0 aromatic heterocycles. The van der Waals surface area contributed by atoms with E-state index in [2.05, 4.69) is 24.3 Å². The Bertz CT molecular complexity index is 1190. The maximum atomic E-state index is 12.0. The highest BCUT2D eigenvalue weighted by Crippen LogP contribution is 2.49. The number of thioether (sulfide) groups is 1. The second kappa shape index (κ2) is 10.7. The van der Waals surface area contributed by atoms with E-state index in [0.29, 0.717) is 0 Å². The number of carbonyl (C=O) groups is 2. The quantitative estimate of drug-likeness (QED) is 0.462. The van der Waals surface area contributed by atoms with E-state index in [9.17, 15) is 9.59 Å². The minimum absolute atomic E-state index is 0.0440. The van der Waals surface area contributed by atoms with E-state index in [1.165, 1.54) is 12.5 Å². The van der Waals surface area contributed by atoms with Gasteiger partial charge < -0.3 is 37.9 Å². The van der Waals surface area contributed by atoms with Crippen molar-refractivity contribution in [3.63, 3.8) is 0 Å². The number of hydrogen-bond acceptors (Lipinski definition) is 11. The van der Waals surface area contributed by atoms with E-state index >= 15 is 0 Å². The zero-order chi connectivity index (χ0) is 27.1. The van der Waals surface area contributed by atoms with Gasteiger partial charge in [-0.05, 0) is 26.0 Å². The molecule has 0 aliphatic carbocycles. The minimum Gasteiger partial charge on any atom is -0.456 e. The molecule has 4 saturated heterocycles. The summed E-state index contributed by atoms with van der Waals surface area (Å²) in [5, 5.41) is 0. The van der Waals surface area contributed by atoms with E-state index in [-0.39, 0.29) is 18.6 Å². The summed E-state index contributed by atoms with van der Waals surface area (Å²) in [6, 6.07) is 17.9. The Balaban J connectivity index is 1.21. The molecule has 0 unspecified atom stereocenters. The molecule has 11 heteroatoms. The van der Waals surface area contributed by atoms with Gasteiger partial charge in [0.2, 0.25) is 0 Å². The molecule has 0 N–H and O–H groups in total. The van der Waals surface area contributed by atoms with Crippen LogP contribution in [0.25, 0.3) is 0 Å². The first-order chi connectivity index (χ1) is 18.8. The lowest BCUT2D eigenvalue weighted by Gasteiger charge is -2.39. The highest BCUT2D eigenvalue weighted by atomic mass is 32.2. The van der Waals surface area contributed by atoms with Crippen LogP contribution in [0.15, 0.2) is 59.5 Å². The number of hydrogen-bond donors (Lipinski definition) is 0. The Hall–Kier alpha value is -2.67. The first-order valence-electron chi connectivity index (χ1n) is 12.9. The molecule has 2 aromatic rings. The lowest BCUT2D eigenvalue weighted by Crippen LogP contribution is -2.58. The molecule has 0 spiro atoms. The summed E-state index contributed by atoms with van der Waals surface area (Å²) in [6.07, 6.45) is -6.10. The fourth-order valence-electron chi connectivity index (χ4n) is 5.26. The van der Waals surface area contributed by atoms with E-state index in [1.807, 2.05) is 37.3 Å². The lowest BCUT2D eigenvalue weighted by atomic mass is 9.99. The third kappa shape index (κ3) is 5.27. The van der Waals surface area contributed by atoms with Gasteiger partial charge in [-0.15, -0.1) is 0 Å². The van der Waals surface area contributed by atoms with Crippen molar-refractivity contribution in [2.24, 2.45) is 0 Å². The van der Waals surface area contributed by atoms with Gasteiger partial charge in [0.05, 0.1) is 19.3 Å². The summed E-state index contributed by atoms with van der Waals surface area (Å²) in [6.45, 7) is 5.32. The summed E-state index contributed by atoms with van der Waals surface area (Å²) in [5.74, 6) is -0.512. The van der Waals surface area contributed by atoms with Crippen molar-refractivity contribution >= 4 is 23.9 Å². The number of rotatable bonds is 7. The largest absolute Gasteiger partial charge is 0.509 e. The molecule has 4 aliphatic heterocycles. The van der Waals surface area contributed by atoms with Crippen molar-refractivity contribution in [2.45, 2.75) is 79.8 Å². The van der Waals surface area contributed by atoms with Crippen LogP contribution in [0.3, 0.4) is 0 Å². The molecule has 4 heterocycles.